The Bertz CT molecular complexity index is 791. The summed E-state index contributed by atoms with van der Waals surface area (Å²) in [7, 11) is 0. The van der Waals surface area contributed by atoms with Gasteiger partial charge in [0, 0.05) is 11.6 Å². The van der Waals surface area contributed by atoms with Gasteiger partial charge in [-0.2, -0.15) is 5.26 Å². The summed E-state index contributed by atoms with van der Waals surface area (Å²) in [5.74, 6) is -0.0349. The number of hydrogen-bond acceptors (Lipinski definition) is 4. The molecule has 0 aliphatic heterocycles. The average Bonchev–Trinajstić information content (AvgIpc) is 2.87. The molecule has 6 heteroatoms. The molecule has 0 bridgehead atoms. The number of primary amides is 1. The number of aromatic nitrogens is 2. The number of hydrogen-bond donors (Lipinski definition) is 2. The summed E-state index contributed by atoms with van der Waals surface area (Å²) in [5, 5.41) is 9.77. The van der Waals surface area contributed by atoms with Crippen molar-refractivity contribution in [3.63, 3.8) is 0 Å². The Labute approximate surface area is 135 Å². The van der Waals surface area contributed by atoms with Crippen molar-refractivity contribution in [1.29, 1.82) is 5.26 Å². The highest BCUT2D eigenvalue weighted by atomic mass is 16.5. The Hall–Kier alpha value is -2.81. The van der Waals surface area contributed by atoms with Gasteiger partial charge in [-0.3, -0.25) is 4.79 Å². The predicted octanol–water partition coefficient (Wildman–Crippen LogP) is 2.47. The van der Waals surface area contributed by atoms with Crippen LogP contribution in [-0.2, 0) is 11.2 Å². The van der Waals surface area contributed by atoms with Crippen molar-refractivity contribution in [3.05, 3.63) is 35.7 Å². The van der Waals surface area contributed by atoms with Crippen LogP contribution in [0.5, 0.6) is 5.75 Å². The fourth-order valence-corrected chi connectivity index (χ4v) is 2.00. The van der Waals surface area contributed by atoms with Gasteiger partial charge in [0.25, 0.3) is 5.91 Å². The maximum Gasteiger partial charge on any atom is 0.259 e. The topological polar surface area (TPSA) is 105 Å². The summed E-state index contributed by atoms with van der Waals surface area (Å²) in [6.07, 6.45) is 5.41. The Balaban J connectivity index is 2.25. The Morgan fingerprint density at radius 1 is 1.52 bits per heavy atom. The van der Waals surface area contributed by atoms with Gasteiger partial charge in [-0.15, -0.1) is 0 Å². The summed E-state index contributed by atoms with van der Waals surface area (Å²) < 4.78 is 5.77. The molecule has 0 saturated heterocycles. The number of aromatic amines is 1. The van der Waals surface area contributed by atoms with E-state index in [1.54, 1.807) is 18.5 Å². The van der Waals surface area contributed by atoms with Gasteiger partial charge in [-0.25, -0.2) is 4.98 Å². The summed E-state index contributed by atoms with van der Waals surface area (Å²) in [6, 6.07) is 3.70. The number of nitriles is 1. The molecule has 23 heavy (non-hydrogen) atoms. The van der Waals surface area contributed by atoms with Crippen molar-refractivity contribution >= 4 is 16.9 Å². The van der Waals surface area contributed by atoms with Crippen LogP contribution in [0.25, 0.3) is 11.0 Å². The van der Waals surface area contributed by atoms with Crippen molar-refractivity contribution in [3.8, 4) is 11.8 Å². The first-order valence-electron chi connectivity index (χ1n) is 7.29. The van der Waals surface area contributed by atoms with E-state index in [0.717, 1.165) is 16.6 Å². The number of carbonyl (C=O) groups excluding carboxylic acids is 1. The lowest BCUT2D eigenvalue weighted by atomic mass is 9.99. The normalized spacial score (nSPS) is 12.2. The van der Waals surface area contributed by atoms with Crippen LogP contribution in [0.4, 0.5) is 0 Å². The van der Waals surface area contributed by atoms with E-state index in [1.165, 1.54) is 6.08 Å². The van der Waals surface area contributed by atoms with E-state index < -0.39 is 5.91 Å². The van der Waals surface area contributed by atoms with Crippen LogP contribution in [0, 0.1) is 16.7 Å². The molecule has 0 atom stereocenters. The molecule has 2 rings (SSSR count). The minimum atomic E-state index is -0.723. The smallest absolute Gasteiger partial charge is 0.259 e. The molecule has 3 N–H and O–H groups in total. The maximum atomic E-state index is 11.1. The Morgan fingerprint density at radius 3 is 2.87 bits per heavy atom. The molecule has 2 aromatic rings. The van der Waals surface area contributed by atoms with Crippen LogP contribution < -0.4 is 10.5 Å². The molecule has 6 nitrogen and oxygen atoms in total. The highest BCUT2D eigenvalue weighted by Crippen LogP contribution is 2.24. The largest absolute Gasteiger partial charge is 0.491 e. The molecule has 0 aliphatic rings. The summed E-state index contributed by atoms with van der Waals surface area (Å²) in [5.41, 5.74) is 6.79. The minimum Gasteiger partial charge on any atom is -0.491 e. The average molecular weight is 312 g/mol. The van der Waals surface area contributed by atoms with E-state index in [9.17, 15) is 4.79 Å². The number of carbonyl (C=O) groups is 1. The summed E-state index contributed by atoms with van der Waals surface area (Å²) >= 11 is 0. The molecule has 0 unspecified atom stereocenters. The van der Waals surface area contributed by atoms with Crippen LogP contribution in [-0.4, -0.2) is 22.5 Å². The fraction of sp³-hybridized carbons (Fsp3) is 0.353. The lowest BCUT2D eigenvalue weighted by molar-refractivity contribution is -0.114. The van der Waals surface area contributed by atoms with E-state index in [2.05, 4.69) is 30.7 Å². The zero-order chi connectivity index (χ0) is 17.0. The number of nitrogens with two attached hydrogens (primary N) is 1. The first-order chi connectivity index (χ1) is 10.8. The number of pyridine rings is 1. The van der Waals surface area contributed by atoms with Gasteiger partial charge in [-0.05, 0) is 23.5 Å². The lowest BCUT2D eigenvalue weighted by Gasteiger charge is -2.18. The number of rotatable bonds is 5. The third kappa shape index (κ3) is 4.33. The first kappa shape index (κ1) is 16.6. The number of nitrogens with one attached hydrogen (secondary N) is 1. The highest BCUT2D eigenvalue weighted by molar-refractivity contribution is 5.96. The zero-order valence-corrected chi connectivity index (χ0v) is 13.5. The van der Waals surface area contributed by atoms with E-state index in [1.807, 2.05) is 6.07 Å². The van der Waals surface area contributed by atoms with Crippen LogP contribution in [0.15, 0.2) is 30.1 Å². The van der Waals surface area contributed by atoms with E-state index in [-0.39, 0.29) is 11.0 Å². The van der Waals surface area contributed by atoms with Gasteiger partial charge in [0.15, 0.2) is 0 Å². The van der Waals surface area contributed by atoms with Crippen LogP contribution in [0.1, 0.15) is 26.3 Å². The fourth-order valence-electron chi connectivity index (χ4n) is 2.00. The molecular formula is C17H20N4O2. The van der Waals surface area contributed by atoms with E-state index in [0.29, 0.717) is 18.8 Å². The van der Waals surface area contributed by atoms with Gasteiger partial charge in [-0.1, -0.05) is 26.8 Å². The predicted molar refractivity (Wildman–Crippen MR) is 87.6 cm³/mol. The second-order valence-corrected chi connectivity index (χ2v) is 6.53. The number of nitrogens with zero attached hydrogens (tertiary/aromatic N) is 2. The number of amides is 1. The lowest BCUT2D eigenvalue weighted by Crippen LogP contribution is -2.16. The van der Waals surface area contributed by atoms with E-state index in [4.69, 9.17) is 15.7 Å². The minimum absolute atomic E-state index is 0.0487. The molecule has 0 aliphatic carbocycles. The zero-order valence-electron chi connectivity index (χ0n) is 13.5. The Morgan fingerprint density at radius 2 is 2.26 bits per heavy atom. The second kappa shape index (κ2) is 6.53. The maximum absolute atomic E-state index is 11.1. The van der Waals surface area contributed by atoms with Crippen molar-refractivity contribution in [2.45, 2.75) is 27.2 Å². The number of allylic oxidation sites excluding steroid dienone is 1. The molecule has 0 spiro atoms. The summed E-state index contributed by atoms with van der Waals surface area (Å²) in [4.78, 5) is 18.5. The van der Waals surface area contributed by atoms with Gasteiger partial charge >= 0.3 is 0 Å². The first-order valence-corrected chi connectivity index (χ1v) is 7.29. The SMILES string of the molecule is CC(C)(C)COc1cnc2[nH]cc(C/C=C(\C#N)C(N)=O)c2c1. The Kier molecular flexibility index (Phi) is 4.70. The number of H-pyrrole nitrogens is 1. The monoisotopic (exact) mass is 312 g/mol. The van der Waals surface area contributed by atoms with Crippen LogP contribution in [0.3, 0.4) is 0 Å². The van der Waals surface area contributed by atoms with Gasteiger partial charge < -0.3 is 15.5 Å². The molecule has 2 aromatic heterocycles. The summed E-state index contributed by atoms with van der Waals surface area (Å²) in [6.45, 7) is 6.87. The molecule has 0 saturated carbocycles. The standard InChI is InChI=1S/C17H20N4O2/c1-17(2,3)10-23-13-6-14-12(8-20-16(14)21-9-13)5-4-11(7-18)15(19)22/h4,6,8-9H,5,10H2,1-3H3,(H2,19,22)(H,20,21)/b11-4+. The molecule has 2 heterocycles. The van der Waals surface area contributed by atoms with Gasteiger partial charge in [0.2, 0.25) is 0 Å². The molecular weight excluding hydrogens is 292 g/mol. The van der Waals surface area contributed by atoms with E-state index >= 15 is 0 Å². The van der Waals surface area contributed by atoms with Crippen molar-refractivity contribution < 1.29 is 9.53 Å². The molecule has 0 radical (unpaired) electrons. The van der Waals surface area contributed by atoms with Crippen LogP contribution in [0.2, 0.25) is 0 Å². The number of fused-ring (bicyclic) bond motifs is 1. The van der Waals surface area contributed by atoms with Crippen molar-refractivity contribution in [1.82, 2.24) is 9.97 Å². The number of ether oxygens (including phenoxy) is 1. The second-order valence-electron chi connectivity index (χ2n) is 6.53. The molecule has 0 fully saturated rings. The molecule has 0 aromatic carbocycles. The van der Waals surface area contributed by atoms with Crippen molar-refractivity contribution in [2.75, 3.05) is 6.61 Å². The highest BCUT2D eigenvalue weighted by Gasteiger charge is 2.12. The molecule has 1 amide bonds. The van der Waals surface area contributed by atoms with Gasteiger partial charge in [0.1, 0.15) is 23.0 Å². The van der Waals surface area contributed by atoms with Crippen LogP contribution >= 0.6 is 0 Å². The third-order valence-electron chi connectivity index (χ3n) is 3.18. The quantitative estimate of drug-likeness (QED) is 0.653. The third-order valence-corrected chi connectivity index (χ3v) is 3.18. The van der Waals surface area contributed by atoms with Gasteiger partial charge in [0.05, 0.1) is 12.8 Å². The van der Waals surface area contributed by atoms with Crippen molar-refractivity contribution in [2.24, 2.45) is 11.1 Å². The molecule has 120 valence electrons.